The second-order valence-corrected chi connectivity index (χ2v) is 2.84. The molecule has 1 aromatic heterocycles. The van der Waals surface area contributed by atoms with E-state index in [1.165, 1.54) is 4.57 Å². The van der Waals surface area contributed by atoms with Crippen molar-refractivity contribution in [1.82, 2.24) is 14.9 Å². The molecule has 0 N–H and O–H groups in total. The van der Waals surface area contributed by atoms with Gasteiger partial charge in [-0.05, 0) is 0 Å². The van der Waals surface area contributed by atoms with Crippen LogP contribution in [0.25, 0.3) is 0 Å². The lowest BCUT2D eigenvalue weighted by molar-refractivity contribution is -0.141. The predicted molar refractivity (Wildman–Crippen MR) is 37.9 cm³/mol. The molecule has 0 bridgehead atoms. The van der Waals surface area contributed by atoms with Crippen molar-refractivity contribution in [1.29, 1.82) is 0 Å². The van der Waals surface area contributed by atoms with Crippen molar-refractivity contribution in [3.05, 3.63) is 17.7 Å². The van der Waals surface area contributed by atoms with Crippen LogP contribution >= 0.6 is 0 Å². The van der Waals surface area contributed by atoms with E-state index in [0.717, 1.165) is 6.20 Å². The highest BCUT2D eigenvalue weighted by atomic mass is 19.4. The van der Waals surface area contributed by atoms with Gasteiger partial charge in [0.05, 0.1) is 6.54 Å². The van der Waals surface area contributed by atoms with Gasteiger partial charge in [0, 0.05) is 19.3 Å². The molecule has 0 amide bonds. The van der Waals surface area contributed by atoms with Crippen LogP contribution in [-0.4, -0.2) is 16.1 Å². The Kier molecular flexibility index (Phi) is 1.80. The van der Waals surface area contributed by atoms with Crippen LogP contribution in [0.15, 0.2) is 6.20 Å². The van der Waals surface area contributed by atoms with E-state index in [9.17, 15) is 13.2 Å². The SMILES string of the molecule is FC(F)(F)c1cn2c(n1)C[N]CC2. The summed E-state index contributed by atoms with van der Waals surface area (Å²) in [6.45, 7) is 1.36. The number of hydrogen-bond acceptors (Lipinski definition) is 1. The molecule has 0 saturated heterocycles. The average molecular weight is 190 g/mol. The van der Waals surface area contributed by atoms with Crippen molar-refractivity contribution in [3.8, 4) is 0 Å². The Hall–Kier alpha value is -1.04. The van der Waals surface area contributed by atoms with E-state index in [0.29, 0.717) is 18.9 Å². The first kappa shape index (κ1) is 8.55. The Morgan fingerprint density at radius 2 is 2.15 bits per heavy atom. The van der Waals surface area contributed by atoms with Crippen molar-refractivity contribution in [2.24, 2.45) is 0 Å². The summed E-state index contributed by atoms with van der Waals surface area (Å²) < 4.78 is 38.0. The maximum Gasteiger partial charge on any atom is 0.434 e. The lowest BCUT2D eigenvalue weighted by atomic mass is 10.4. The number of imidazole rings is 1. The molecule has 1 radical (unpaired) electrons. The molecule has 0 unspecified atom stereocenters. The summed E-state index contributed by atoms with van der Waals surface area (Å²) in [6, 6.07) is 0. The topological polar surface area (TPSA) is 31.9 Å². The molecule has 0 saturated carbocycles. The van der Waals surface area contributed by atoms with Gasteiger partial charge in [0.1, 0.15) is 5.82 Å². The van der Waals surface area contributed by atoms with E-state index < -0.39 is 11.9 Å². The first-order valence-corrected chi connectivity index (χ1v) is 3.84. The standard InChI is InChI=1S/C7H7F3N3/c8-7(9,10)5-4-13-2-1-11-3-6(13)12-5/h4H,1-3H2. The minimum absolute atomic E-state index is 0.288. The van der Waals surface area contributed by atoms with Gasteiger partial charge in [-0.2, -0.15) is 13.2 Å². The molecule has 0 aliphatic carbocycles. The van der Waals surface area contributed by atoms with E-state index in [2.05, 4.69) is 10.3 Å². The van der Waals surface area contributed by atoms with Crippen molar-refractivity contribution >= 4 is 0 Å². The number of halogens is 3. The molecule has 0 aromatic carbocycles. The third kappa shape index (κ3) is 1.53. The smallest absolute Gasteiger partial charge is 0.332 e. The molecular formula is C7H7F3N3. The Balaban J connectivity index is 2.36. The molecule has 3 nitrogen and oxygen atoms in total. The molecule has 13 heavy (non-hydrogen) atoms. The highest BCUT2D eigenvalue weighted by molar-refractivity contribution is 5.08. The van der Waals surface area contributed by atoms with Gasteiger partial charge in [0.15, 0.2) is 5.69 Å². The predicted octanol–water partition coefficient (Wildman–Crippen LogP) is 1.02. The summed E-state index contributed by atoms with van der Waals surface area (Å²) >= 11 is 0. The minimum atomic E-state index is -4.34. The first-order chi connectivity index (χ1) is 6.07. The number of alkyl halides is 3. The quantitative estimate of drug-likeness (QED) is 0.601. The normalized spacial score (nSPS) is 17.2. The van der Waals surface area contributed by atoms with Crippen LogP contribution in [0.1, 0.15) is 11.5 Å². The van der Waals surface area contributed by atoms with Crippen molar-refractivity contribution < 1.29 is 13.2 Å². The molecule has 71 valence electrons. The number of fused-ring (bicyclic) bond motifs is 1. The molecule has 0 spiro atoms. The Morgan fingerprint density at radius 3 is 2.77 bits per heavy atom. The summed E-state index contributed by atoms with van der Waals surface area (Å²) in [6.07, 6.45) is -3.30. The van der Waals surface area contributed by atoms with Crippen LogP contribution in [0.3, 0.4) is 0 Å². The zero-order valence-electron chi connectivity index (χ0n) is 6.67. The van der Waals surface area contributed by atoms with Gasteiger partial charge in [-0.15, -0.1) is 0 Å². The summed E-state index contributed by atoms with van der Waals surface area (Å²) in [5.41, 5.74) is -0.820. The lowest BCUT2D eigenvalue weighted by Gasteiger charge is -2.12. The van der Waals surface area contributed by atoms with Gasteiger partial charge in [0.25, 0.3) is 0 Å². The summed E-state index contributed by atoms with van der Waals surface area (Å²) in [4.78, 5) is 3.47. The molecule has 1 aromatic rings. The summed E-state index contributed by atoms with van der Waals surface area (Å²) in [5.74, 6) is 0.401. The van der Waals surface area contributed by atoms with Gasteiger partial charge >= 0.3 is 6.18 Å². The third-order valence-corrected chi connectivity index (χ3v) is 1.90. The van der Waals surface area contributed by atoms with Gasteiger partial charge in [-0.25, -0.2) is 10.3 Å². The zero-order chi connectivity index (χ0) is 9.47. The minimum Gasteiger partial charge on any atom is -0.332 e. The second kappa shape index (κ2) is 2.73. The number of rotatable bonds is 0. The fourth-order valence-electron chi connectivity index (χ4n) is 1.27. The van der Waals surface area contributed by atoms with Crippen LogP contribution in [0.5, 0.6) is 0 Å². The summed E-state index contributed by atoms with van der Waals surface area (Å²) in [5, 5.41) is 3.96. The maximum absolute atomic E-state index is 12.2. The van der Waals surface area contributed by atoms with Crippen molar-refractivity contribution in [3.63, 3.8) is 0 Å². The van der Waals surface area contributed by atoms with E-state index in [1.807, 2.05) is 0 Å². The Bertz CT molecular complexity index is 292. The van der Waals surface area contributed by atoms with E-state index >= 15 is 0 Å². The third-order valence-electron chi connectivity index (χ3n) is 1.90. The molecule has 0 atom stereocenters. The fourth-order valence-corrected chi connectivity index (χ4v) is 1.27. The van der Waals surface area contributed by atoms with Gasteiger partial charge in [-0.1, -0.05) is 0 Å². The van der Waals surface area contributed by atoms with E-state index in [-0.39, 0.29) is 6.54 Å². The summed E-state index contributed by atoms with van der Waals surface area (Å²) in [7, 11) is 0. The van der Waals surface area contributed by atoms with Gasteiger partial charge in [0.2, 0.25) is 0 Å². The molecular weight excluding hydrogens is 183 g/mol. The molecule has 6 heteroatoms. The molecule has 2 rings (SSSR count). The highest BCUT2D eigenvalue weighted by Gasteiger charge is 2.35. The van der Waals surface area contributed by atoms with Gasteiger partial charge < -0.3 is 4.57 Å². The Labute approximate surface area is 72.6 Å². The second-order valence-electron chi connectivity index (χ2n) is 2.84. The monoisotopic (exact) mass is 190 g/mol. The van der Waals surface area contributed by atoms with Crippen LogP contribution in [0, 0.1) is 0 Å². The lowest BCUT2D eigenvalue weighted by Crippen LogP contribution is -2.22. The molecule has 1 aliphatic heterocycles. The van der Waals surface area contributed by atoms with E-state index in [4.69, 9.17) is 0 Å². The van der Waals surface area contributed by atoms with Crippen LogP contribution < -0.4 is 5.32 Å². The van der Waals surface area contributed by atoms with Crippen LogP contribution in [0.4, 0.5) is 13.2 Å². The maximum atomic E-state index is 12.2. The zero-order valence-corrected chi connectivity index (χ0v) is 6.67. The van der Waals surface area contributed by atoms with Crippen LogP contribution in [0.2, 0.25) is 0 Å². The number of hydrogen-bond donors (Lipinski definition) is 0. The largest absolute Gasteiger partial charge is 0.434 e. The highest BCUT2D eigenvalue weighted by Crippen LogP contribution is 2.28. The Morgan fingerprint density at radius 1 is 1.38 bits per heavy atom. The molecule has 0 fully saturated rings. The number of nitrogens with zero attached hydrogens (tertiary/aromatic N) is 3. The molecule has 2 heterocycles. The van der Waals surface area contributed by atoms with Crippen molar-refractivity contribution in [2.75, 3.05) is 6.54 Å². The van der Waals surface area contributed by atoms with Gasteiger partial charge in [-0.3, -0.25) is 0 Å². The van der Waals surface area contributed by atoms with E-state index in [1.54, 1.807) is 0 Å². The average Bonchev–Trinajstić information content (AvgIpc) is 2.45. The van der Waals surface area contributed by atoms with Crippen molar-refractivity contribution in [2.45, 2.75) is 19.3 Å². The fraction of sp³-hybridized carbons (Fsp3) is 0.571. The van der Waals surface area contributed by atoms with Crippen LogP contribution in [-0.2, 0) is 19.3 Å². The number of aromatic nitrogens is 2. The first-order valence-electron chi connectivity index (χ1n) is 3.84. The molecule has 1 aliphatic rings.